The van der Waals surface area contributed by atoms with Gasteiger partial charge in [-0.25, -0.2) is 0 Å². The Morgan fingerprint density at radius 2 is 1.96 bits per heavy atom. The average molecular weight is 341 g/mol. The van der Waals surface area contributed by atoms with Crippen LogP contribution in [0.25, 0.3) is 0 Å². The molecule has 2 heterocycles. The molecule has 25 heavy (non-hydrogen) atoms. The molecule has 5 heteroatoms. The van der Waals surface area contributed by atoms with Gasteiger partial charge in [0.05, 0.1) is 0 Å². The number of aliphatic hydroxyl groups is 1. The highest BCUT2D eigenvalue weighted by molar-refractivity contribution is 5.92. The van der Waals surface area contributed by atoms with Crippen molar-refractivity contribution in [3.05, 3.63) is 59.5 Å². The molecule has 0 radical (unpaired) electrons. The molecule has 1 aliphatic rings. The van der Waals surface area contributed by atoms with E-state index in [2.05, 4.69) is 0 Å². The molecule has 0 spiro atoms. The highest BCUT2D eigenvalue weighted by atomic mass is 16.4. The van der Waals surface area contributed by atoms with Gasteiger partial charge in [-0.15, -0.1) is 0 Å². The van der Waals surface area contributed by atoms with Crippen LogP contribution in [0.5, 0.6) is 0 Å². The summed E-state index contributed by atoms with van der Waals surface area (Å²) >= 11 is 0. The Bertz CT molecular complexity index is 722. The molecule has 5 nitrogen and oxygen atoms in total. The molecule has 3 rings (SSSR count). The Kier molecular flexibility index (Phi) is 5.66. The van der Waals surface area contributed by atoms with Crippen LogP contribution >= 0.6 is 0 Å². The molecule has 1 fully saturated rings. The number of amides is 1. The van der Waals surface area contributed by atoms with E-state index in [0.717, 1.165) is 24.8 Å². The van der Waals surface area contributed by atoms with Crippen LogP contribution in [0.3, 0.4) is 0 Å². The van der Waals surface area contributed by atoms with Crippen LogP contribution in [0.1, 0.15) is 41.1 Å². The van der Waals surface area contributed by atoms with E-state index in [-0.39, 0.29) is 30.0 Å². The van der Waals surface area contributed by atoms with Gasteiger partial charge in [0.15, 0.2) is 5.76 Å². The van der Waals surface area contributed by atoms with Gasteiger partial charge in [-0.3, -0.25) is 9.59 Å². The maximum Gasteiger partial charge on any atom is 0.289 e. The van der Waals surface area contributed by atoms with Crippen LogP contribution in [0.4, 0.5) is 0 Å². The van der Waals surface area contributed by atoms with Crippen molar-refractivity contribution < 1.29 is 19.1 Å². The van der Waals surface area contributed by atoms with Crippen molar-refractivity contribution in [2.24, 2.45) is 5.92 Å². The number of aryl methyl sites for hydroxylation is 1. The summed E-state index contributed by atoms with van der Waals surface area (Å²) in [6.45, 7) is 0.853. The van der Waals surface area contributed by atoms with Crippen molar-refractivity contribution in [1.82, 2.24) is 4.90 Å². The molecule has 1 amide bonds. The molecular weight excluding hydrogens is 318 g/mol. The van der Waals surface area contributed by atoms with E-state index < -0.39 is 0 Å². The van der Waals surface area contributed by atoms with Gasteiger partial charge in [-0.2, -0.15) is 0 Å². The standard InChI is InChI=1S/C20H23NO4/c22-14-17-9-11-19(25-17)20(24)21-12-4-7-16(13-21)18(23)10-8-15-5-2-1-3-6-15/h1-3,5-6,9,11,16,22H,4,7-8,10,12-14H2/t16-/m0/s1. The predicted molar refractivity (Wildman–Crippen MR) is 93.0 cm³/mol. The zero-order chi connectivity index (χ0) is 17.6. The van der Waals surface area contributed by atoms with Gasteiger partial charge in [0, 0.05) is 25.4 Å². The van der Waals surface area contributed by atoms with Crippen molar-refractivity contribution in [2.75, 3.05) is 13.1 Å². The number of Topliss-reactive ketones (excluding diaryl/α,β-unsaturated/α-hetero) is 1. The molecule has 0 bridgehead atoms. The Hall–Kier alpha value is -2.40. The summed E-state index contributed by atoms with van der Waals surface area (Å²) < 4.78 is 5.32. The second-order valence-corrected chi connectivity index (χ2v) is 6.47. The van der Waals surface area contributed by atoms with Gasteiger partial charge in [-0.1, -0.05) is 30.3 Å². The van der Waals surface area contributed by atoms with Gasteiger partial charge < -0.3 is 14.4 Å². The second-order valence-electron chi connectivity index (χ2n) is 6.47. The summed E-state index contributed by atoms with van der Waals surface area (Å²) in [6.07, 6.45) is 2.90. The van der Waals surface area contributed by atoms with Gasteiger partial charge in [0.2, 0.25) is 0 Å². The van der Waals surface area contributed by atoms with Crippen molar-refractivity contribution in [3.8, 4) is 0 Å². The summed E-state index contributed by atoms with van der Waals surface area (Å²) in [4.78, 5) is 26.7. The third kappa shape index (κ3) is 4.37. The second kappa shape index (κ2) is 8.12. The van der Waals surface area contributed by atoms with Crippen LogP contribution in [0.2, 0.25) is 0 Å². The molecule has 1 N–H and O–H groups in total. The van der Waals surface area contributed by atoms with Crippen LogP contribution < -0.4 is 0 Å². The fourth-order valence-corrected chi connectivity index (χ4v) is 3.27. The lowest BCUT2D eigenvalue weighted by molar-refractivity contribution is -0.124. The van der Waals surface area contributed by atoms with E-state index in [1.807, 2.05) is 30.3 Å². The molecule has 1 saturated heterocycles. The summed E-state index contributed by atoms with van der Waals surface area (Å²) in [5.74, 6) is 0.503. The minimum Gasteiger partial charge on any atom is -0.453 e. The fourth-order valence-electron chi connectivity index (χ4n) is 3.27. The maximum absolute atomic E-state index is 12.5. The molecule has 1 aliphatic heterocycles. The Balaban J connectivity index is 1.56. The van der Waals surface area contributed by atoms with Crippen LogP contribution in [0.15, 0.2) is 46.9 Å². The molecular formula is C20H23NO4. The number of carbonyl (C=O) groups excluding carboxylic acids is 2. The summed E-state index contributed by atoms with van der Waals surface area (Å²) in [5, 5.41) is 9.05. The average Bonchev–Trinajstić information content (AvgIpc) is 3.15. The van der Waals surface area contributed by atoms with Gasteiger partial charge in [0.1, 0.15) is 18.2 Å². The number of benzene rings is 1. The lowest BCUT2D eigenvalue weighted by atomic mass is 9.90. The predicted octanol–water partition coefficient (Wildman–Crippen LogP) is 2.83. The van der Waals surface area contributed by atoms with E-state index in [0.29, 0.717) is 25.3 Å². The van der Waals surface area contributed by atoms with Crippen molar-refractivity contribution >= 4 is 11.7 Å². The smallest absolute Gasteiger partial charge is 0.289 e. The van der Waals surface area contributed by atoms with E-state index in [9.17, 15) is 9.59 Å². The van der Waals surface area contributed by atoms with Crippen molar-refractivity contribution in [2.45, 2.75) is 32.3 Å². The quantitative estimate of drug-likeness (QED) is 0.877. The van der Waals surface area contributed by atoms with E-state index in [1.165, 1.54) is 0 Å². The van der Waals surface area contributed by atoms with Crippen molar-refractivity contribution in [3.63, 3.8) is 0 Å². The number of furan rings is 1. The lowest BCUT2D eigenvalue weighted by Crippen LogP contribution is -2.42. The number of rotatable bonds is 6. The fraction of sp³-hybridized carbons (Fsp3) is 0.400. The van der Waals surface area contributed by atoms with E-state index in [1.54, 1.807) is 17.0 Å². The third-order valence-electron chi connectivity index (χ3n) is 4.70. The number of ketones is 1. The van der Waals surface area contributed by atoms with Crippen LogP contribution in [-0.4, -0.2) is 34.8 Å². The first-order valence-electron chi connectivity index (χ1n) is 8.73. The Labute approximate surface area is 147 Å². The summed E-state index contributed by atoms with van der Waals surface area (Å²) in [5.41, 5.74) is 1.16. The number of likely N-dealkylation sites (tertiary alicyclic amines) is 1. The molecule has 0 unspecified atom stereocenters. The molecule has 1 aromatic heterocycles. The molecule has 0 saturated carbocycles. The minimum atomic E-state index is -0.228. The molecule has 1 aromatic carbocycles. The number of hydrogen-bond acceptors (Lipinski definition) is 4. The number of carbonyl (C=O) groups is 2. The third-order valence-corrected chi connectivity index (χ3v) is 4.70. The van der Waals surface area contributed by atoms with Gasteiger partial charge in [-0.05, 0) is 37.0 Å². The number of piperidine rings is 1. The van der Waals surface area contributed by atoms with Gasteiger partial charge >= 0.3 is 0 Å². The largest absolute Gasteiger partial charge is 0.453 e. The normalized spacial score (nSPS) is 17.5. The lowest BCUT2D eigenvalue weighted by Gasteiger charge is -2.31. The highest BCUT2D eigenvalue weighted by Gasteiger charge is 2.29. The van der Waals surface area contributed by atoms with E-state index >= 15 is 0 Å². The first-order chi connectivity index (χ1) is 12.2. The first-order valence-corrected chi connectivity index (χ1v) is 8.73. The zero-order valence-corrected chi connectivity index (χ0v) is 14.2. The summed E-state index contributed by atoms with van der Waals surface area (Å²) in [7, 11) is 0. The SMILES string of the molecule is O=C(CCc1ccccc1)[C@H]1CCCN(C(=O)c2ccc(CO)o2)C1. The number of aliphatic hydroxyl groups excluding tert-OH is 1. The summed E-state index contributed by atoms with van der Waals surface area (Å²) in [6, 6.07) is 13.1. The highest BCUT2D eigenvalue weighted by Crippen LogP contribution is 2.22. The molecule has 2 aromatic rings. The van der Waals surface area contributed by atoms with E-state index in [4.69, 9.17) is 9.52 Å². The Morgan fingerprint density at radius 1 is 1.16 bits per heavy atom. The zero-order valence-electron chi connectivity index (χ0n) is 14.2. The number of nitrogens with zero attached hydrogens (tertiary/aromatic N) is 1. The monoisotopic (exact) mass is 341 g/mol. The topological polar surface area (TPSA) is 70.8 Å². The maximum atomic E-state index is 12.5. The Morgan fingerprint density at radius 3 is 2.68 bits per heavy atom. The van der Waals surface area contributed by atoms with Crippen LogP contribution in [-0.2, 0) is 17.8 Å². The first kappa shape index (κ1) is 17.4. The van der Waals surface area contributed by atoms with Crippen LogP contribution in [0, 0.1) is 5.92 Å². The number of hydrogen-bond donors (Lipinski definition) is 1. The molecule has 0 aliphatic carbocycles. The minimum absolute atomic E-state index is 0.103. The molecule has 132 valence electrons. The molecule has 1 atom stereocenters. The van der Waals surface area contributed by atoms with Gasteiger partial charge in [0.25, 0.3) is 5.91 Å². The van der Waals surface area contributed by atoms with Crippen molar-refractivity contribution in [1.29, 1.82) is 0 Å².